The Kier molecular flexibility index (Phi) is 5.57. The van der Waals surface area contributed by atoms with Crippen molar-refractivity contribution in [1.82, 2.24) is 10.6 Å². The van der Waals surface area contributed by atoms with Crippen molar-refractivity contribution in [3.8, 4) is 0 Å². The fraction of sp³-hybridized carbons (Fsp3) is 0.385. The summed E-state index contributed by atoms with van der Waals surface area (Å²) < 4.78 is 0. The molecule has 0 saturated carbocycles. The highest BCUT2D eigenvalue weighted by Crippen LogP contribution is 2.35. The summed E-state index contributed by atoms with van der Waals surface area (Å²) in [5.41, 5.74) is 7.36. The van der Waals surface area contributed by atoms with Crippen LogP contribution in [0.25, 0.3) is 0 Å². The van der Waals surface area contributed by atoms with E-state index in [4.69, 9.17) is 5.73 Å². The molecule has 0 saturated heterocycles. The Bertz CT molecular complexity index is 537. The molecule has 0 spiro atoms. The number of nitrogen functional groups attached to an aromatic ring is 1. The number of rotatable bonds is 6. The highest BCUT2D eigenvalue weighted by Gasteiger charge is 2.24. The normalized spacial score (nSPS) is 9.95. The molecule has 20 heavy (non-hydrogen) atoms. The highest BCUT2D eigenvalue weighted by molar-refractivity contribution is 7.19. The maximum absolute atomic E-state index is 11.9. The van der Waals surface area contributed by atoms with Gasteiger partial charge in [-0.1, -0.05) is 12.2 Å². The van der Waals surface area contributed by atoms with Crippen LogP contribution in [0.15, 0.2) is 12.2 Å². The largest absolute Gasteiger partial charge is 0.397 e. The van der Waals surface area contributed by atoms with Crippen LogP contribution in [0.3, 0.4) is 0 Å². The zero-order chi connectivity index (χ0) is 15.3. The number of hydrogen-bond donors (Lipinski definition) is 4. The molecule has 0 atom stereocenters. The van der Waals surface area contributed by atoms with Crippen molar-refractivity contribution in [2.45, 2.75) is 13.8 Å². The molecule has 1 heterocycles. The molecule has 1 aromatic rings. The SMILES string of the molecule is C=C(C)CNc1sc(C(=O)NCC)c(N)c1C(=O)NC. The molecule has 5 N–H and O–H groups in total. The lowest BCUT2D eigenvalue weighted by Gasteiger charge is -2.06. The van der Waals surface area contributed by atoms with Gasteiger partial charge in [-0.15, -0.1) is 11.3 Å². The van der Waals surface area contributed by atoms with Gasteiger partial charge < -0.3 is 21.7 Å². The molecule has 0 aliphatic rings. The number of nitrogens with two attached hydrogens (primary N) is 1. The van der Waals surface area contributed by atoms with E-state index in [1.165, 1.54) is 18.4 Å². The Hall–Kier alpha value is -2.02. The van der Waals surface area contributed by atoms with Crippen molar-refractivity contribution >= 4 is 33.8 Å². The van der Waals surface area contributed by atoms with Gasteiger partial charge in [0, 0.05) is 20.1 Å². The van der Waals surface area contributed by atoms with Crippen molar-refractivity contribution in [1.29, 1.82) is 0 Å². The minimum absolute atomic E-state index is 0.199. The quantitative estimate of drug-likeness (QED) is 0.597. The fourth-order valence-electron chi connectivity index (χ4n) is 1.56. The van der Waals surface area contributed by atoms with Crippen LogP contribution in [0.2, 0.25) is 0 Å². The summed E-state index contributed by atoms with van der Waals surface area (Å²) in [5, 5.41) is 8.87. The Morgan fingerprint density at radius 1 is 1.35 bits per heavy atom. The van der Waals surface area contributed by atoms with Gasteiger partial charge in [-0.25, -0.2) is 0 Å². The molecule has 110 valence electrons. The Balaban J connectivity index is 3.19. The van der Waals surface area contributed by atoms with E-state index in [0.717, 1.165) is 5.57 Å². The monoisotopic (exact) mass is 296 g/mol. The number of carbonyl (C=O) groups excluding carboxylic acids is 2. The molecule has 0 fully saturated rings. The lowest BCUT2D eigenvalue weighted by Crippen LogP contribution is -2.23. The van der Waals surface area contributed by atoms with Crippen molar-refractivity contribution in [3.05, 3.63) is 22.6 Å². The van der Waals surface area contributed by atoms with Crippen molar-refractivity contribution in [2.24, 2.45) is 0 Å². The summed E-state index contributed by atoms with van der Waals surface area (Å²) in [6.07, 6.45) is 0. The van der Waals surface area contributed by atoms with Crippen LogP contribution < -0.4 is 21.7 Å². The average molecular weight is 296 g/mol. The third-order valence-corrected chi connectivity index (χ3v) is 3.66. The smallest absolute Gasteiger partial charge is 0.263 e. The first-order chi connectivity index (χ1) is 9.42. The molecule has 6 nitrogen and oxygen atoms in total. The molecule has 0 aliphatic heterocycles. The van der Waals surface area contributed by atoms with Crippen molar-refractivity contribution < 1.29 is 9.59 Å². The van der Waals surface area contributed by atoms with E-state index in [9.17, 15) is 9.59 Å². The molecule has 0 aromatic carbocycles. The Morgan fingerprint density at radius 3 is 2.50 bits per heavy atom. The lowest BCUT2D eigenvalue weighted by atomic mass is 10.2. The van der Waals surface area contributed by atoms with Gasteiger partial charge in [-0.2, -0.15) is 0 Å². The Morgan fingerprint density at radius 2 is 2.00 bits per heavy atom. The van der Waals surface area contributed by atoms with Gasteiger partial charge in [0.15, 0.2) is 0 Å². The van der Waals surface area contributed by atoms with E-state index >= 15 is 0 Å². The number of carbonyl (C=O) groups is 2. The van der Waals surface area contributed by atoms with E-state index in [1.54, 1.807) is 0 Å². The van der Waals surface area contributed by atoms with Crippen LogP contribution >= 0.6 is 11.3 Å². The maximum atomic E-state index is 11.9. The van der Waals surface area contributed by atoms with Crippen molar-refractivity contribution in [2.75, 3.05) is 31.2 Å². The molecule has 0 unspecified atom stereocenters. The van der Waals surface area contributed by atoms with Gasteiger partial charge in [0.2, 0.25) is 0 Å². The first-order valence-electron chi connectivity index (χ1n) is 6.23. The second-order valence-corrected chi connectivity index (χ2v) is 5.32. The first kappa shape index (κ1) is 16.0. The summed E-state index contributed by atoms with van der Waals surface area (Å²) in [6, 6.07) is 0. The van der Waals surface area contributed by atoms with Gasteiger partial charge in [0.25, 0.3) is 11.8 Å². The zero-order valence-corrected chi connectivity index (χ0v) is 12.7. The van der Waals surface area contributed by atoms with Crippen LogP contribution in [-0.4, -0.2) is 32.0 Å². The van der Waals surface area contributed by atoms with E-state index in [-0.39, 0.29) is 17.5 Å². The molecular weight excluding hydrogens is 276 g/mol. The van der Waals surface area contributed by atoms with Crippen LogP contribution in [0, 0.1) is 0 Å². The summed E-state index contributed by atoms with van der Waals surface area (Å²) >= 11 is 1.17. The molecule has 1 aromatic heterocycles. The number of amides is 2. The second-order valence-electron chi connectivity index (χ2n) is 4.30. The van der Waals surface area contributed by atoms with Gasteiger partial charge in [-0.05, 0) is 13.8 Å². The molecule has 0 aliphatic carbocycles. The van der Waals surface area contributed by atoms with Crippen LogP contribution in [-0.2, 0) is 0 Å². The summed E-state index contributed by atoms with van der Waals surface area (Å²) in [7, 11) is 1.52. The van der Waals surface area contributed by atoms with Crippen LogP contribution in [0.1, 0.15) is 33.9 Å². The maximum Gasteiger partial charge on any atom is 0.263 e. The lowest BCUT2D eigenvalue weighted by molar-refractivity contribution is 0.0959. The highest BCUT2D eigenvalue weighted by atomic mass is 32.1. The third-order valence-electron chi connectivity index (χ3n) is 2.49. The van der Waals surface area contributed by atoms with E-state index in [2.05, 4.69) is 22.5 Å². The van der Waals surface area contributed by atoms with E-state index < -0.39 is 0 Å². The predicted octanol–water partition coefficient (Wildman–Crippen LogP) is 1.43. The van der Waals surface area contributed by atoms with Crippen LogP contribution in [0.4, 0.5) is 10.7 Å². The van der Waals surface area contributed by atoms with Crippen molar-refractivity contribution in [3.63, 3.8) is 0 Å². The first-order valence-corrected chi connectivity index (χ1v) is 7.04. The van der Waals surface area contributed by atoms with Crippen LogP contribution in [0.5, 0.6) is 0 Å². The zero-order valence-electron chi connectivity index (χ0n) is 11.9. The molecule has 2 amide bonds. The standard InChI is InChI=1S/C13H20N4O2S/c1-5-16-12(19)10-9(14)8(11(18)15-4)13(20-10)17-6-7(2)3/h17H,2,5-6,14H2,1,3-4H3,(H,15,18)(H,16,19). The van der Waals surface area contributed by atoms with Gasteiger partial charge in [0.1, 0.15) is 9.88 Å². The predicted molar refractivity (Wildman–Crippen MR) is 83.4 cm³/mol. The molecule has 0 radical (unpaired) electrons. The van der Waals surface area contributed by atoms with Gasteiger partial charge in [-0.3, -0.25) is 9.59 Å². The average Bonchev–Trinajstić information content (AvgIpc) is 2.73. The topological polar surface area (TPSA) is 96.2 Å². The minimum Gasteiger partial charge on any atom is -0.397 e. The summed E-state index contributed by atoms with van der Waals surface area (Å²) in [4.78, 5) is 24.2. The van der Waals surface area contributed by atoms with Gasteiger partial charge >= 0.3 is 0 Å². The molecular formula is C13H20N4O2S. The number of thiophene rings is 1. The Labute approximate surface area is 122 Å². The van der Waals surface area contributed by atoms with Gasteiger partial charge in [0.05, 0.1) is 11.3 Å². The molecule has 0 bridgehead atoms. The summed E-state index contributed by atoms with van der Waals surface area (Å²) in [5.74, 6) is -0.595. The molecule has 7 heteroatoms. The second kappa shape index (κ2) is 6.95. The third kappa shape index (κ3) is 3.51. The number of anilines is 2. The minimum atomic E-state index is -0.321. The van der Waals surface area contributed by atoms with E-state index in [1.807, 2.05) is 13.8 Å². The number of nitrogens with one attached hydrogen (secondary N) is 3. The summed E-state index contributed by atoms with van der Waals surface area (Å²) in [6.45, 7) is 8.49. The molecule has 1 rings (SSSR count). The number of hydrogen-bond acceptors (Lipinski definition) is 5. The fourth-order valence-corrected chi connectivity index (χ4v) is 2.59. The van der Waals surface area contributed by atoms with E-state index in [0.29, 0.717) is 28.5 Å².